The summed E-state index contributed by atoms with van der Waals surface area (Å²) in [5, 5.41) is 3.20. The number of ketones is 1. The molecule has 1 aromatic rings. The maximum absolute atomic E-state index is 13.1. The van der Waals surface area contributed by atoms with Crippen molar-refractivity contribution in [2.24, 2.45) is 5.92 Å². The normalized spacial score (nSPS) is 20.8. The predicted octanol–water partition coefficient (Wildman–Crippen LogP) is 2.32. The van der Waals surface area contributed by atoms with Crippen LogP contribution in [0.5, 0.6) is 0 Å². The number of hydrogen-bond donors (Lipinski definition) is 1. The first-order valence-electron chi connectivity index (χ1n) is 5.69. The maximum Gasteiger partial charge on any atom is 0.167 e. The number of carbonyl (C=O) groups is 1. The fourth-order valence-electron chi connectivity index (χ4n) is 2.16. The molecule has 0 aliphatic carbocycles. The van der Waals surface area contributed by atoms with Crippen LogP contribution in [-0.4, -0.2) is 18.9 Å². The Morgan fingerprint density at radius 1 is 1.50 bits per heavy atom. The summed E-state index contributed by atoms with van der Waals surface area (Å²) in [6.07, 6.45) is 1.92. The Labute approximate surface area is 94.9 Å². The third kappa shape index (κ3) is 2.30. The minimum Gasteiger partial charge on any atom is -0.316 e. The highest BCUT2D eigenvalue weighted by Gasteiger charge is 2.23. The van der Waals surface area contributed by atoms with Crippen molar-refractivity contribution < 1.29 is 9.18 Å². The summed E-state index contributed by atoms with van der Waals surface area (Å²) in [5.74, 6) is -0.254. The molecule has 0 saturated carbocycles. The van der Waals surface area contributed by atoms with Gasteiger partial charge in [-0.05, 0) is 44.0 Å². The molecule has 0 spiro atoms. The summed E-state index contributed by atoms with van der Waals surface area (Å²) in [6.45, 7) is 3.55. The van der Waals surface area contributed by atoms with Crippen LogP contribution in [0.25, 0.3) is 0 Å². The number of halogens is 1. The van der Waals surface area contributed by atoms with Gasteiger partial charge in [-0.2, -0.15) is 0 Å². The lowest BCUT2D eigenvalue weighted by atomic mass is 9.89. The van der Waals surface area contributed by atoms with Crippen LogP contribution in [-0.2, 0) is 0 Å². The molecule has 0 amide bonds. The van der Waals surface area contributed by atoms with Gasteiger partial charge in [-0.3, -0.25) is 4.79 Å². The third-order valence-electron chi connectivity index (χ3n) is 3.13. The first kappa shape index (κ1) is 11.3. The number of benzene rings is 1. The fourth-order valence-corrected chi connectivity index (χ4v) is 2.16. The van der Waals surface area contributed by atoms with Gasteiger partial charge in [-0.25, -0.2) is 4.39 Å². The van der Waals surface area contributed by atoms with Gasteiger partial charge in [0.15, 0.2) is 5.78 Å². The molecule has 0 radical (unpaired) electrons. The zero-order valence-electron chi connectivity index (χ0n) is 9.42. The molecule has 1 aliphatic heterocycles. The first-order valence-corrected chi connectivity index (χ1v) is 5.69. The Kier molecular flexibility index (Phi) is 3.34. The number of rotatable bonds is 2. The summed E-state index contributed by atoms with van der Waals surface area (Å²) < 4.78 is 13.1. The molecule has 2 nitrogen and oxygen atoms in total. The molecule has 1 unspecified atom stereocenters. The van der Waals surface area contributed by atoms with Crippen LogP contribution in [0.3, 0.4) is 0 Å². The van der Waals surface area contributed by atoms with E-state index in [4.69, 9.17) is 0 Å². The van der Waals surface area contributed by atoms with E-state index in [9.17, 15) is 9.18 Å². The Morgan fingerprint density at radius 2 is 2.31 bits per heavy atom. The van der Waals surface area contributed by atoms with Gasteiger partial charge in [0.25, 0.3) is 0 Å². The van der Waals surface area contributed by atoms with Crippen LogP contribution in [0.1, 0.15) is 28.8 Å². The molecule has 2 rings (SSSR count). The number of hydrogen-bond acceptors (Lipinski definition) is 2. The fraction of sp³-hybridized carbons (Fsp3) is 0.462. The zero-order chi connectivity index (χ0) is 11.5. The smallest absolute Gasteiger partial charge is 0.167 e. The molecule has 0 bridgehead atoms. The van der Waals surface area contributed by atoms with Crippen LogP contribution in [0, 0.1) is 18.7 Å². The van der Waals surface area contributed by atoms with E-state index >= 15 is 0 Å². The van der Waals surface area contributed by atoms with Crippen molar-refractivity contribution >= 4 is 5.78 Å². The monoisotopic (exact) mass is 221 g/mol. The van der Waals surface area contributed by atoms with E-state index in [-0.39, 0.29) is 17.5 Å². The quantitative estimate of drug-likeness (QED) is 0.776. The van der Waals surface area contributed by atoms with Gasteiger partial charge in [0.1, 0.15) is 5.82 Å². The van der Waals surface area contributed by atoms with Gasteiger partial charge in [0.2, 0.25) is 0 Å². The second-order valence-corrected chi connectivity index (χ2v) is 4.37. The SMILES string of the molecule is Cc1ccc(F)cc1C(=O)C1CCCNC1. The Balaban J connectivity index is 2.22. The largest absolute Gasteiger partial charge is 0.316 e. The molecule has 1 heterocycles. The van der Waals surface area contributed by atoms with Crippen LogP contribution < -0.4 is 5.32 Å². The molecular weight excluding hydrogens is 205 g/mol. The van der Waals surface area contributed by atoms with Gasteiger partial charge in [-0.1, -0.05) is 6.07 Å². The molecule has 16 heavy (non-hydrogen) atoms. The molecule has 3 heteroatoms. The van der Waals surface area contributed by atoms with E-state index in [1.807, 2.05) is 6.92 Å². The third-order valence-corrected chi connectivity index (χ3v) is 3.13. The van der Waals surface area contributed by atoms with Crippen LogP contribution in [0.15, 0.2) is 18.2 Å². The summed E-state index contributed by atoms with van der Waals surface area (Å²) in [6, 6.07) is 4.41. The van der Waals surface area contributed by atoms with Crippen molar-refractivity contribution in [1.29, 1.82) is 0 Å². The molecule has 1 aliphatic rings. The summed E-state index contributed by atoms with van der Waals surface area (Å²) in [5.41, 5.74) is 1.39. The Bertz CT molecular complexity index is 397. The molecule has 1 atom stereocenters. The molecule has 1 N–H and O–H groups in total. The molecule has 0 aromatic heterocycles. The van der Waals surface area contributed by atoms with Crippen molar-refractivity contribution in [3.63, 3.8) is 0 Å². The van der Waals surface area contributed by atoms with E-state index in [1.165, 1.54) is 12.1 Å². The second-order valence-electron chi connectivity index (χ2n) is 4.37. The van der Waals surface area contributed by atoms with Gasteiger partial charge in [-0.15, -0.1) is 0 Å². The average molecular weight is 221 g/mol. The standard InChI is InChI=1S/C13H16FNO/c1-9-4-5-11(14)7-12(9)13(16)10-3-2-6-15-8-10/h4-5,7,10,15H,2-3,6,8H2,1H3. The van der Waals surface area contributed by atoms with Crippen molar-refractivity contribution in [3.05, 3.63) is 35.1 Å². The Hall–Kier alpha value is -1.22. The van der Waals surface area contributed by atoms with E-state index < -0.39 is 0 Å². The molecule has 86 valence electrons. The number of nitrogens with one attached hydrogen (secondary N) is 1. The summed E-state index contributed by atoms with van der Waals surface area (Å²) >= 11 is 0. The second kappa shape index (κ2) is 4.74. The van der Waals surface area contributed by atoms with Crippen molar-refractivity contribution in [3.8, 4) is 0 Å². The van der Waals surface area contributed by atoms with Gasteiger partial charge in [0.05, 0.1) is 0 Å². The van der Waals surface area contributed by atoms with Gasteiger partial charge >= 0.3 is 0 Å². The van der Waals surface area contributed by atoms with Crippen LogP contribution in [0.2, 0.25) is 0 Å². The van der Waals surface area contributed by atoms with Crippen molar-refractivity contribution in [2.45, 2.75) is 19.8 Å². The number of aryl methyl sites for hydroxylation is 1. The topological polar surface area (TPSA) is 29.1 Å². The lowest BCUT2D eigenvalue weighted by molar-refractivity contribution is 0.0898. The highest BCUT2D eigenvalue weighted by Crippen LogP contribution is 2.19. The predicted molar refractivity (Wildman–Crippen MR) is 61.1 cm³/mol. The zero-order valence-corrected chi connectivity index (χ0v) is 9.42. The molecule has 1 aromatic carbocycles. The molecule has 1 saturated heterocycles. The number of carbonyl (C=O) groups excluding carboxylic acids is 1. The summed E-state index contributed by atoms with van der Waals surface area (Å²) in [7, 11) is 0. The number of Topliss-reactive ketones (excluding diaryl/α,β-unsaturated/α-hetero) is 1. The lowest BCUT2D eigenvalue weighted by Crippen LogP contribution is -2.34. The van der Waals surface area contributed by atoms with Crippen molar-refractivity contribution in [1.82, 2.24) is 5.32 Å². The number of piperidine rings is 1. The van der Waals surface area contributed by atoms with E-state index in [1.54, 1.807) is 6.07 Å². The van der Waals surface area contributed by atoms with E-state index in [0.717, 1.165) is 31.5 Å². The highest BCUT2D eigenvalue weighted by molar-refractivity contribution is 5.99. The van der Waals surface area contributed by atoms with Gasteiger partial charge < -0.3 is 5.32 Å². The van der Waals surface area contributed by atoms with Crippen molar-refractivity contribution in [2.75, 3.05) is 13.1 Å². The first-order chi connectivity index (χ1) is 7.68. The highest BCUT2D eigenvalue weighted by atomic mass is 19.1. The lowest BCUT2D eigenvalue weighted by Gasteiger charge is -2.22. The maximum atomic E-state index is 13.1. The average Bonchev–Trinajstić information content (AvgIpc) is 2.32. The minimum absolute atomic E-state index is 0.00856. The minimum atomic E-state index is -0.335. The molecular formula is C13H16FNO. The van der Waals surface area contributed by atoms with E-state index in [0.29, 0.717) is 5.56 Å². The summed E-state index contributed by atoms with van der Waals surface area (Å²) in [4.78, 5) is 12.2. The Morgan fingerprint density at radius 3 is 3.00 bits per heavy atom. The van der Waals surface area contributed by atoms with Crippen LogP contribution >= 0.6 is 0 Å². The van der Waals surface area contributed by atoms with Crippen LogP contribution in [0.4, 0.5) is 4.39 Å². The van der Waals surface area contributed by atoms with Gasteiger partial charge in [0, 0.05) is 18.0 Å². The molecule has 1 fully saturated rings. The van der Waals surface area contributed by atoms with E-state index in [2.05, 4.69) is 5.32 Å².